The Kier molecular flexibility index (Phi) is 2.54. The Labute approximate surface area is 89.5 Å². The smallest absolute Gasteiger partial charge is 0.319 e. The Morgan fingerprint density at radius 1 is 1.36 bits per heavy atom. The van der Waals surface area contributed by atoms with Crippen molar-refractivity contribution in [3.8, 4) is 0 Å². The molecule has 0 aromatic carbocycles. The van der Waals surface area contributed by atoms with Gasteiger partial charge in [-0.05, 0) is 44.9 Å². The van der Waals surface area contributed by atoms with E-state index in [9.17, 15) is 4.79 Å². The maximum Gasteiger partial charge on any atom is 0.319 e. The first-order chi connectivity index (χ1) is 6.49. The molecule has 0 aromatic heterocycles. The van der Waals surface area contributed by atoms with Crippen molar-refractivity contribution in [3.05, 3.63) is 0 Å². The highest BCUT2D eigenvalue weighted by molar-refractivity contribution is 8.01. The number of carboxylic acid groups (broad SMARTS) is 1. The van der Waals surface area contributed by atoms with E-state index < -0.39 is 10.7 Å². The minimum absolute atomic E-state index is 0.602. The monoisotopic (exact) mass is 214 g/mol. The summed E-state index contributed by atoms with van der Waals surface area (Å²) in [6.07, 6.45) is 5.33. The van der Waals surface area contributed by atoms with Gasteiger partial charge in [0.25, 0.3) is 0 Å². The molecule has 3 heteroatoms. The summed E-state index contributed by atoms with van der Waals surface area (Å²) in [5, 5.41) is 9.66. The molecule has 80 valence electrons. The lowest BCUT2D eigenvalue weighted by atomic mass is 10.0. The largest absolute Gasteiger partial charge is 0.480 e. The van der Waals surface area contributed by atoms with Gasteiger partial charge in [0.05, 0.1) is 0 Å². The number of thioether (sulfide) groups is 1. The average Bonchev–Trinajstić information content (AvgIpc) is 2.63. The highest BCUT2D eigenvalue weighted by Crippen LogP contribution is 2.51. The molecule has 1 N–H and O–H groups in total. The Balaban J connectivity index is 1.95. The second-order valence-corrected chi connectivity index (χ2v) is 7.01. The van der Waals surface area contributed by atoms with Crippen molar-refractivity contribution in [1.29, 1.82) is 0 Å². The van der Waals surface area contributed by atoms with Crippen LogP contribution in [0.15, 0.2) is 0 Å². The molecule has 2 aliphatic carbocycles. The van der Waals surface area contributed by atoms with E-state index in [0.717, 1.165) is 11.8 Å². The van der Waals surface area contributed by atoms with Crippen LogP contribution in [-0.4, -0.2) is 21.1 Å². The number of aliphatic carboxylic acids is 1. The standard InChI is InChI=1S/C11H18O2S/c1-11(2,10(12)13)14-9-6-7-3-4-8(9)5-7/h7-9H,3-6H2,1-2H3,(H,12,13). The number of hydrogen-bond donors (Lipinski definition) is 1. The third-order valence-corrected chi connectivity index (χ3v) is 5.28. The van der Waals surface area contributed by atoms with Crippen molar-refractivity contribution < 1.29 is 9.90 Å². The summed E-state index contributed by atoms with van der Waals surface area (Å²) >= 11 is 1.68. The topological polar surface area (TPSA) is 37.3 Å². The lowest BCUT2D eigenvalue weighted by molar-refractivity contribution is -0.138. The van der Waals surface area contributed by atoms with E-state index in [1.54, 1.807) is 11.8 Å². The minimum Gasteiger partial charge on any atom is -0.480 e. The first-order valence-corrected chi connectivity index (χ1v) is 6.28. The molecule has 0 amide bonds. The molecule has 0 aromatic rings. The van der Waals surface area contributed by atoms with Gasteiger partial charge in [-0.25, -0.2) is 0 Å². The average molecular weight is 214 g/mol. The van der Waals surface area contributed by atoms with E-state index in [1.165, 1.54) is 25.7 Å². The molecule has 2 bridgehead atoms. The quantitative estimate of drug-likeness (QED) is 0.785. The second-order valence-electron chi connectivity index (χ2n) is 5.15. The van der Waals surface area contributed by atoms with Crippen molar-refractivity contribution in [2.24, 2.45) is 11.8 Å². The van der Waals surface area contributed by atoms with Gasteiger partial charge < -0.3 is 5.11 Å². The SMILES string of the molecule is CC(C)(SC1CC2CCC1C2)C(=O)O. The molecule has 0 saturated heterocycles. The zero-order valence-corrected chi connectivity index (χ0v) is 9.64. The number of carbonyl (C=O) groups is 1. The fourth-order valence-corrected chi connectivity index (χ4v) is 4.43. The number of carboxylic acids is 1. The third kappa shape index (κ3) is 1.79. The van der Waals surface area contributed by atoms with E-state index in [-0.39, 0.29) is 0 Å². The Morgan fingerprint density at radius 2 is 2.07 bits per heavy atom. The van der Waals surface area contributed by atoms with Crippen LogP contribution in [0.5, 0.6) is 0 Å². The van der Waals surface area contributed by atoms with Crippen LogP contribution >= 0.6 is 11.8 Å². The maximum absolute atomic E-state index is 11.0. The first kappa shape index (κ1) is 10.3. The molecule has 2 rings (SSSR count). The van der Waals surface area contributed by atoms with Crippen LogP contribution in [0.3, 0.4) is 0 Å². The Hall–Kier alpha value is -0.180. The molecular weight excluding hydrogens is 196 g/mol. The van der Waals surface area contributed by atoms with Crippen LogP contribution in [0.25, 0.3) is 0 Å². The molecular formula is C11H18O2S. The van der Waals surface area contributed by atoms with Gasteiger partial charge in [-0.2, -0.15) is 0 Å². The highest BCUT2D eigenvalue weighted by atomic mass is 32.2. The fourth-order valence-electron chi connectivity index (χ4n) is 2.76. The van der Waals surface area contributed by atoms with Gasteiger partial charge in [0.15, 0.2) is 0 Å². The van der Waals surface area contributed by atoms with E-state index in [2.05, 4.69) is 0 Å². The predicted molar refractivity (Wildman–Crippen MR) is 58.5 cm³/mol. The lowest BCUT2D eigenvalue weighted by Crippen LogP contribution is -2.31. The summed E-state index contributed by atoms with van der Waals surface area (Å²) in [7, 11) is 0. The van der Waals surface area contributed by atoms with Crippen LogP contribution < -0.4 is 0 Å². The van der Waals surface area contributed by atoms with E-state index >= 15 is 0 Å². The van der Waals surface area contributed by atoms with E-state index in [1.807, 2.05) is 13.8 Å². The number of fused-ring (bicyclic) bond motifs is 2. The van der Waals surface area contributed by atoms with Gasteiger partial charge >= 0.3 is 5.97 Å². The van der Waals surface area contributed by atoms with E-state index in [0.29, 0.717) is 5.25 Å². The van der Waals surface area contributed by atoms with Crippen LogP contribution in [0, 0.1) is 11.8 Å². The van der Waals surface area contributed by atoms with Gasteiger partial charge in [0.1, 0.15) is 4.75 Å². The van der Waals surface area contributed by atoms with Crippen LogP contribution in [0.4, 0.5) is 0 Å². The molecule has 3 atom stereocenters. The van der Waals surface area contributed by atoms with E-state index in [4.69, 9.17) is 5.11 Å². The molecule has 2 aliphatic rings. The van der Waals surface area contributed by atoms with Crippen molar-refractivity contribution in [2.75, 3.05) is 0 Å². The van der Waals surface area contributed by atoms with Gasteiger partial charge in [0, 0.05) is 5.25 Å². The molecule has 3 unspecified atom stereocenters. The summed E-state index contributed by atoms with van der Waals surface area (Å²) in [4.78, 5) is 11.0. The maximum atomic E-state index is 11.0. The molecule has 2 saturated carbocycles. The fraction of sp³-hybridized carbons (Fsp3) is 0.909. The number of hydrogen-bond acceptors (Lipinski definition) is 2. The zero-order valence-electron chi connectivity index (χ0n) is 8.82. The molecule has 0 radical (unpaired) electrons. The Bertz CT molecular complexity index is 250. The first-order valence-electron chi connectivity index (χ1n) is 5.40. The van der Waals surface area contributed by atoms with Gasteiger partial charge in [0.2, 0.25) is 0 Å². The molecule has 0 heterocycles. The molecule has 14 heavy (non-hydrogen) atoms. The second kappa shape index (κ2) is 3.44. The van der Waals surface area contributed by atoms with Crippen molar-refractivity contribution in [3.63, 3.8) is 0 Å². The van der Waals surface area contributed by atoms with Crippen molar-refractivity contribution in [2.45, 2.75) is 49.5 Å². The van der Waals surface area contributed by atoms with Gasteiger partial charge in [-0.1, -0.05) is 6.42 Å². The van der Waals surface area contributed by atoms with Gasteiger partial charge in [-0.15, -0.1) is 11.8 Å². The van der Waals surface area contributed by atoms with Gasteiger partial charge in [-0.3, -0.25) is 4.79 Å². The zero-order chi connectivity index (χ0) is 10.3. The van der Waals surface area contributed by atoms with Crippen LogP contribution in [0.1, 0.15) is 39.5 Å². The summed E-state index contributed by atoms with van der Waals surface area (Å²) in [6, 6.07) is 0. The lowest BCUT2D eigenvalue weighted by Gasteiger charge is -2.28. The van der Waals surface area contributed by atoms with Crippen LogP contribution in [-0.2, 0) is 4.79 Å². The predicted octanol–water partition coefficient (Wildman–Crippen LogP) is 2.77. The van der Waals surface area contributed by atoms with Crippen molar-refractivity contribution in [1.82, 2.24) is 0 Å². The summed E-state index contributed by atoms with van der Waals surface area (Å²) < 4.78 is -0.602. The summed E-state index contributed by atoms with van der Waals surface area (Å²) in [5.41, 5.74) is 0. The molecule has 0 aliphatic heterocycles. The normalized spacial score (nSPS) is 36.3. The van der Waals surface area contributed by atoms with Crippen LogP contribution in [0.2, 0.25) is 0 Å². The highest BCUT2D eigenvalue weighted by Gasteiger charge is 2.43. The summed E-state index contributed by atoms with van der Waals surface area (Å²) in [6.45, 7) is 3.65. The Morgan fingerprint density at radius 3 is 2.50 bits per heavy atom. The molecule has 2 fully saturated rings. The minimum atomic E-state index is -0.676. The number of rotatable bonds is 3. The summed E-state index contributed by atoms with van der Waals surface area (Å²) in [5.74, 6) is 1.04. The molecule has 0 spiro atoms. The van der Waals surface area contributed by atoms with Crippen molar-refractivity contribution >= 4 is 17.7 Å². The third-order valence-electron chi connectivity index (χ3n) is 3.63. The molecule has 2 nitrogen and oxygen atoms in total.